The third-order valence-electron chi connectivity index (χ3n) is 4.59. The second kappa shape index (κ2) is 4.65. The SMILES string of the molecule is CC(C)(C)OC(=O)N1CCC2(c3ccccc3O)CC2C1. The maximum atomic E-state index is 12.1. The number of aromatic hydroxyl groups is 1. The van der Waals surface area contributed by atoms with E-state index >= 15 is 0 Å². The Morgan fingerprint density at radius 3 is 2.71 bits per heavy atom. The quantitative estimate of drug-likeness (QED) is 0.863. The fourth-order valence-electron chi connectivity index (χ4n) is 3.47. The minimum Gasteiger partial charge on any atom is -0.508 e. The molecule has 0 spiro atoms. The van der Waals surface area contributed by atoms with Crippen LogP contribution in [-0.4, -0.2) is 34.8 Å². The van der Waals surface area contributed by atoms with Crippen molar-refractivity contribution in [3.8, 4) is 5.75 Å². The summed E-state index contributed by atoms with van der Waals surface area (Å²) in [6, 6.07) is 7.58. The number of carbonyl (C=O) groups excluding carboxylic acids is 1. The lowest BCUT2D eigenvalue weighted by molar-refractivity contribution is 0.0198. The van der Waals surface area contributed by atoms with Gasteiger partial charge in [0.15, 0.2) is 0 Å². The molecule has 1 amide bonds. The number of carbonyl (C=O) groups is 1. The van der Waals surface area contributed by atoms with Crippen molar-refractivity contribution in [2.24, 2.45) is 5.92 Å². The van der Waals surface area contributed by atoms with Gasteiger partial charge in [-0.05, 0) is 45.6 Å². The van der Waals surface area contributed by atoms with Crippen LogP contribution < -0.4 is 0 Å². The van der Waals surface area contributed by atoms with Gasteiger partial charge in [0, 0.05) is 24.1 Å². The van der Waals surface area contributed by atoms with Crippen molar-refractivity contribution in [3.63, 3.8) is 0 Å². The van der Waals surface area contributed by atoms with E-state index < -0.39 is 5.60 Å². The van der Waals surface area contributed by atoms with Crippen LogP contribution in [0.5, 0.6) is 5.75 Å². The summed E-state index contributed by atoms with van der Waals surface area (Å²) in [4.78, 5) is 13.9. The van der Waals surface area contributed by atoms with E-state index in [9.17, 15) is 9.90 Å². The van der Waals surface area contributed by atoms with Crippen molar-refractivity contribution in [3.05, 3.63) is 29.8 Å². The van der Waals surface area contributed by atoms with Crippen LogP contribution in [0.15, 0.2) is 24.3 Å². The number of benzene rings is 1. The van der Waals surface area contributed by atoms with E-state index in [0.29, 0.717) is 18.2 Å². The van der Waals surface area contributed by atoms with Crippen LogP contribution in [0.2, 0.25) is 0 Å². The van der Waals surface area contributed by atoms with Crippen molar-refractivity contribution in [1.82, 2.24) is 4.90 Å². The summed E-state index contributed by atoms with van der Waals surface area (Å²) in [5.74, 6) is 0.817. The van der Waals surface area contributed by atoms with E-state index in [1.807, 2.05) is 39.0 Å². The van der Waals surface area contributed by atoms with Gasteiger partial charge in [-0.15, -0.1) is 0 Å². The molecule has 4 heteroatoms. The Kier molecular flexibility index (Phi) is 3.15. The third kappa shape index (κ3) is 2.59. The molecular weight excluding hydrogens is 266 g/mol. The van der Waals surface area contributed by atoms with Gasteiger partial charge in [0.25, 0.3) is 0 Å². The smallest absolute Gasteiger partial charge is 0.410 e. The molecule has 21 heavy (non-hydrogen) atoms. The molecular formula is C17H23NO3. The summed E-state index contributed by atoms with van der Waals surface area (Å²) in [5.41, 5.74) is 0.662. The van der Waals surface area contributed by atoms with Gasteiger partial charge in [0.05, 0.1) is 0 Å². The minimum absolute atomic E-state index is 0.0733. The zero-order valence-electron chi connectivity index (χ0n) is 12.9. The molecule has 1 aliphatic heterocycles. The topological polar surface area (TPSA) is 49.8 Å². The lowest BCUT2D eigenvalue weighted by Gasteiger charge is -2.33. The van der Waals surface area contributed by atoms with E-state index in [4.69, 9.17) is 4.74 Å². The summed E-state index contributed by atoms with van der Waals surface area (Å²) in [7, 11) is 0. The molecule has 4 nitrogen and oxygen atoms in total. The molecule has 0 aromatic heterocycles. The third-order valence-corrected chi connectivity index (χ3v) is 4.59. The predicted octanol–water partition coefficient (Wildman–Crippen LogP) is 3.29. The molecule has 2 fully saturated rings. The lowest BCUT2D eigenvalue weighted by atomic mass is 9.87. The van der Waals surface area contributed by atoms with Crippen LogP contribution in [0.25, 0.3) is 0 Å². The van der Waals surface area contributed by atoms with E-state index in [-0.39, 0.29) is 11.5 Å². The lowest BCUT2D eigenvalue weighted by Crippen LogP contribution is -2.43. The van der Waals surface area contributed by atoms with Crippen LogP contribution in [0.4, 0.5) is 4.79 Å². The molecule has 0 radical (unpaired) electrons. The summed E-state index contributed by atoms with van der Waals surface area (Å²) in [6.45, 7) is 7.08. The van der Waals surface area contributed by atoms with Crippen LogP contribution in [0.1, 0.15) is 39.2 Å². The van der Waals surface area contributed by atoms with Crippen LogP contribution in [0, 0.1) is 5.92 Å². The first kappa shape index (κ1) is 14.2. The highest BCUT2D eigenvalue weighted by molar-refractivity contribution is 5.68. The maximum Gasteiger partial charge on any atom is 0.410 e. The Morgan fingerprint density at radius 1 is 1.38 bits per heavy atom. The van der Waals surface area contributed by atoms with Gasteiger partial charge in [-0.2, -0.15) is 0 Å². The van der Waals surface area contributed by atoms with E-state index in [1.165, 1.54) is 0 Å². The number of phenols is 1. The number of fused-ring (bicyclic) bond motifs is 1. The van der Waals surface area contributed by atoms with Gasteiger partial charge in [-0.25, -0.2) is 4.79 Å². The molecule has 1 aromatic carbocycles. The average molecular weight is 289 g/mol. The number of likely N-dealkylation sites (tertiary alicyclic amines) is 1. The monoisotopic (exact) mass is 289 g/mol. The molecule has 1 saturated carbocycles. The van der Waals surface area contributed by atoms with Gasteiger partial charge >= 0.3 is 6.09 Å². The number of para-hydroxylation sites is 1. The standard InChI is InChI=1S/C17H23NO3/c1-16(2,3)21-15(20)18-9-8-17(10-12(17)11-18)13-6-4-5-7-14(13)19/h4-7,12,19H,8-11H2,1-3H3. The summed E-state index contributed by atoms with van der Waals surface area (Å²) in [6.07, 6.45) is 1.72. The van der Waals surface area contributed by atoms with Crippen molar-refractivity contribution < 1.29 is 14.6 Å². The summed E-state index contributed by atoms with van der Waals surface area (Å²) in [5, 5.41) is 10.1. The first-order valence-electron chi connectivity index (χ1n) is 7.58. The number of rotatable bonds is 1. The Balaban J connectivity index is 1.69. The summed E-state index contributed by atoms with van der Waals surface area (Å²) >= 11 is 0. The van der Waals surface area contributed by atoms with E-state index in [0.717, 1.165) is 24.9 Å². The van der Waals surface area contributed by atoms with E-state index in [1.54, 1.807) is 11.0 Å². The molecule has 1 aliphatic carbocycles. The molecule has 114 valence electrons. The number of nitrogens with zero attached hydrogens (tertiary/aromatic N) is 1. The number of hydrogen-bond donors (Lipinski definition) is 1. The van der Waals surface area contributed by atoms with Crippen molar-refractivity contribution in [2.45, 2.75) is 44.6 Å². The molecule has 2 unspecified atom stereocenters. The molecule has 2 atom stereocenters. The van der Waals surface area contributed by atoms with Gasteiger partial charge in [0.1, 0.15) is 11.4 Å². The summed E-state index contributed by atoms with van der Waals surface area (Å²) < 4.78 is 5.44. The maximum absolute atomic E-state index is 12.1. The van der Waals surface area contributed by atoms with Crippen LogP contribution >= 0.6 is 0 Å². The van der Waals surface area contributed by atoms with Crippen LogP contribution in [-0.2, 0) is 10.2 Å². The van der Waals surface area contributed by atoms with Gasteiger partial charge in [0.2, 0.25) is 0 Å². The highest BCUT2D eigenvalue weighted by atomic mass is 16.6. The molecule has 1 N–H and O–H groups in total. The second-order valence-corrected chi connectivity index (χ2v) is 7.25. The van der Waals surface area contributed by atoms with Gasteiger partial charge in [-0.3, -0.25) is 0 Å². The predicted molar refractivity (Wildman–Crippen MR) is 80.3 cm³/mol. The van der Waals surface area contributed by atoms with Crippen molar-refractivity contribution in [2.75, 3.05) is 13.1 Å². The average Bonchev–Trinajstić information content (AvgIpc) is 3.11. The highest BCUT2D eigenvalue weighted by Crippen LogP contribution is 2.60. The zero-order valence-corrected chi connectivity index (χ0v) is 12.9. The van der Waals surface area contributed by atoms with Gasteiger partial charge < -0.3 is 14.7 Å². The molecule has 3 rings (SSSR count). The minimum atomic E-state index is -0.452. The second-order valence-electron chi connectivity index (χ2n) is 7.25. The number of piperidine rings is 1. The largest absolute Gasteiger partial charge is 0.508 e. The normalized spacial score (nSPS) is 28.0. The molecule has 1 aromatic rings. The Hall–Kier alpha value is -1.71. The van der Waals surface area contributed by atoms with Crippen LogP contribution in [0.3, 0.4) is 0 Å². The Morgan fingerprint density at radius 2 is 2.10 bits per heavy atom. The number of hydrogen-bond acceptors (Lipinski definition) is 3. The molecule has 1 saturated heterocycles. The van der Waals surface area contributed by atoms with Crippen molar-refractivity contribution in [1.29, 1.82) is 0 Å². The molecule has 2 aliphatic rings. The molecule has 1 heterocycles. The Bertz CT molecular complexity index is 563. The van der Waals surface area contributed by atoms with Gasteiger partial charge in [-0.1, -0.05) is 18.2 Å². The zero-order chi connectivity index (χ0) is 15.3. The highest BCUT2D eigenvalue weighted by Gasteiger charge is 2.59. The number of amides is 1. The number of ether oxygens (including phenoxy) is 1. The fourth-order valence-corrected chi connectivity index (χ4v) is 3.47. The first-order chi connectivity index (χ1) is 9.82. The molecule has 0 bridgehead atoms. The van der Waals surface area contributed by atoms with E-state index in [2.05, 4.69) is 0 Å². The first-order valence-corrected chi connectivity index (χ1v) is 7.58. The van der Waals surface area contributed by atoms with Crippen molar-refractivity contribution >= 4 is 6.09 Å². The fraction of sp³-hybridized carbons (Fsp3) is 0.588. The number of phenolic OH excluding ortho intramolecular Hbond substituents is 1. The Labute approximate surface area is 125 Å².